The van der Waals surface area contributed by atoms with Gasteiger partial charge in [-0.05, 0) is 50.2 Å². The van der Waals surface area contributed by atoms with Crippen molar-refractivity contribution in [3.05, 3.63) is 41.0 Å². The second-order valence-corrected chi connectivity index (χ2v) is 7.67. The normalized spacial score (nSPS) is 14.3. The predicted octanol–water partition coefficient (Wildman–Crippen LogP) is 3.40. The molecule has 0 radical (unpaired) electrons. The summed E-state index contributed by atoms with van der Waals surface area (Å²) in [5.41, 5.74) is -0.396. The molecule has 0 bridgehead atoms. The number of carbonyl (C=O) groups is 3. The third-order valence-electron chi connectivity index (χ3n) is 4.93. The number of esters is 1. The van der Waals surface area contributed by atoms with Crippen molar-refractivity contribution in [1.29, 1.82) is 0 Å². The minimum absolute atomic E-state index is 0.136. The Balaban J connectivity index is 1.98. The van der Waals surface area contributed by atoms with Gasteiger partial charge in [-0.2, -0.15) is 13.2 Å². The van der Waals surface area contributed by atoms with Gasteiger partial charge in [0.15, 0.2) is 11.5 Å². The van der Waals surface area contributed by atoms with Crippen molar-refractivity contribution >= 4 is 40.9 Å². The number of carbonyl (C=O) groups excluding carboxylic acids is 3. The van der Waals surface area contributed by atoms with Crippen LogP contribution in [0.2, 0.25) is 5.02 Å². The number of nitrogens with one attached hydrogen (secondary N) is 3. The highest BCUT2D eigenvalue weighted by Gasteiger charge is 2.42. The van der Waals surface area contributed by atoms with E-state index >= 15 is 0 Å². The Morgan fingerprint density at radius 1 is 1.12 bits per heavy atom. The van der Waals surface area contributed by atoms with E-state index in [1.54, 1.807) is 0 Å². The maximum atomic E-state index is 12.9. The Labute approximate surface area is 197 Å². The molecule has 0 unspecified atom stereocenters. The van der Waals surface area contributed by atoms with E-state index in [2.05, 4.69) is 25.7 Å². The highest BCUT2D eigenvalue weighted by molar-refractivity contribution is 6.30. The molecule has 1 aromatic carbocycles. The van der Waals surface area contributed by atoms with E-state index in [-0.39, 0.29) is 17.1 Å². The van der Waals surface area contributed by atoms with Gasteiger partial charge in [0.25, 0.3) is 5.91 Å². The molecule has 34 heavy (non-hydrogen) atoms. The van der Waals surface area contributed by atoms with Gasteiger partial charge < -0.3 is 25.4 Å². The van der Waals surface area contributed by atoms with E-state index in [0.29, 0.717) is 31.0 Å². The lowest BCUT2D eigenvalue weighted by molar-refractivity contribution is -0.189. The number of alkyl halides is 3. The summed E-state index contributed by atoms with van der Waals surface area (Å²) in [5, 5.41) is 8.51. The lowest BCUT2D eigenvalue weighted by atomic mass is 9.97. The zero-order valence-electron chi connectivity index (χ0n) is 17.8. The summed E-state index contributed by atoms with van der Waals surface area (Å²) in [6.45, 7) is 1.21. The summed E-state index contributed by atoms with van der Waals surface area (Å²) in [6, 6.07) is 4.99. The molecular weight excluding hydrogens is 481 g/mol. The molecule has 3 rings (SSSR count). The van der Waals surface area contributed by atoms with Gasteiger partial charge in [-0.25, -0.2) is 9.78 Å². The fourth-order valence-corrected chi connectivity index (χ4v) is 3.37. The van der Waals surface area contributed by atoms with Gasteiger partial charge in [-0.1, -0.05) is 11.6 Å². The van der Waals surface area contributed by atoms with Crippen molar-refractivity contribution < 1.29 is 37.0 Å². The number of pyridine rings is 1. The number of nitrogens with zero attached hydrogens (tertiary/aromatic N) is 1. The van der Waals surface area contributed by atoms with Crippen molar-refractivity contribution in [3.8, 4) is 11.5 Å². The van der Waals surface area contributed by atoms with Gasteiger partial charge in [0.05, 0.1) is 17.7 Å². The number of ether oxygens (including phenoxy) is 2. The van der Waals surface area contributed by atoms with Crippen LogP contribution in [-0.2, 0) is 9.59 Å². The zero-order chi connectivity index (χ0) is 24.9. The second-order valence-electron chi connectivity index (χ2n) is 7.24. The minimum atomic E-state index is -5.26. The third kappa shape index (κ3) is 6.14. The van der Waals surface area contributed by atoms with Gasteiger partial charge in [0.1, 0.15) is 11.5 Å². The van der Waals surface area contributed by atoms with E-state index < -0.39 is 41.4 Å². The van der Waals surface area contributed by atoms with Crippen LogP contribution in [0.15, 0.2) is 30.5 Å². The third-order valence-corrected chi connectivity index (χ3v) is 5.16. The minimum Gasteiger partial charge on any atom is -0.491 e. The van der Waals surface area contributed by atoms with Crippen LogP contribution < -0.4 is 25.4 Å². The number of halogens is 4. The SMILES string of the molecule is COc1c(OC(=O)C(F)(F)F)ccc(C(=O)Nc2ccc(Cl)cn2)c1NC(=O)C1CCNCC1. The summed E-state index contributed by atoms with van der Waals surface area (Å²) in [4.78, 5) is 41.1. The maximum Gasteiger partial charge on any atom is 0.491 e. The van der Waals surface area contributed by atoms with E-state index in [4.69, 9.17) is 16.3 Å². The van der Waals surface area contributed by atoms with Crippen LogP contribution in [0, 0.1) is 5.92 Å². The molecular formula is C21H20ClF3N4O5. The molecule has 0 atom stereocenters. The Kier molecular flexibility index (Phi) is 7.94. The molecule has 1 saturated heterocycles. The Morgan fingerprint density at radius 3 is 2.41 bits per heavy atom. The van der Waals surface area contributed by atoms with Crippen molar-refractivity contribution in [3.63, 3.8) is 0 Å². The summed E-state index contributed by atoms with van der Waals surface area (Å²) in [5.74, 6) is -5.00. The van der Waals surface area contributed by atoms with Crippen LogP contribution in [0.5, 0.6) is 11.5 Å². The topological polar surface area (TPSA) is 119 Å². The van der Waals surface area contributed by atoms with Gasteiger partial charge in [0, 0.05) is 12.1 Å². The van der Waals surface area contributed by atoms with Crippen LogP contribution in [0.3, 0.4) is 0 Å². The molecule has 2 amide bonds. The molecule has 1 aliphatic rings. The molecule has 0 saturated carbocycles. The van der Waals surface area contributed by atoms with Crippen molar-refractivity contribution in [2.24, 2.45) is 5.92 Å². The number of amides is 2. The molecule has 0 aliphatic carbocycles. The smallest absolute Gasteiger partial charge is 0.491 e. The highest BCUT2D eigenvalue weighted by atomic mass is 35.5. The molecule has 9 nitrogen and oxygen atoms in total. The van der Waals surface area contributed by atoms with Crippen LogP contribution in [-0.4, -0.2) is 49.1 Å². The van der Waals surface area contributed by atoms with E-state index in [9.17, 15) is 27.6 Å². The first kappa shape index (κ1) is 25.2. The van der Waals surface area contributed by atoms with Crippen molar-refractivity contribution in [2.75, 3.05) is 30.8 Å². The number of methoxy groups -OCH3 is 1. The number of hydrogen-bond acceptors (Lipinski definition) is 7. The fourth-order valence-electron chi connectivity index (χ4n) is 3.26. The number of rotatable bonds is 6. The predicted molar refractivity (Wildman–Crippen MR) is 116 cm³/mol. The summed E-state index contributed by atoms with van der Waals surface area (Å²) >= 11 is 5.79. The highest BCUT2D eigenvalue weighted by Crippen LogP contribution is 2.40. The quantitative estimate of drug-likeness (QED) is 0.411. The zero-order valence-corrected chi connectivity index (χ0v) is 18.5. The van der Waals surface area contributed by atoms with Crippen LogP contribution in [0.1, 0.15) is 23.2 Å². The molecule has 1 aliphatic heterocycles. The van der Waals surface area contributed by atoms with Gasteiger partial charge in [0.2, 0.25) is 5.91 Å². The molecule has 0 spiro atoms. The lowest BCUT2D eigenvalue weighted by Gasteiger charge is -2.23. The number of anilines is 2. The second kappa shape index (κ2) is 10.7. The summed E-state index contributed by atoms with van der Waals surface area (Å²) in [7, 11) is 1.10. The van der Waals surface area contributed by atoms with Crippen LogP contribution in [0.4, 0.5) is 24.7 Å². The molecule has 182 valence electrons. The summed E-state index contributed by atoms with van der Waals surface area (Å²) < 4.78 is 47.8. The number of hydrogen-bond donors (Lipinski definition) is 3. The molecule has 1 aromatic heterocycles. The van der Waals surface area contributed by atoms with E-state index in [1.807, 2.05) is 0 Å². The van der Waals surface area contributed by atoms with E-state index in [1.165, 1.54) is 18.3 Å². The largest absolute Gasteiger partial charge is 0.491 e. The first-order valence-corrected chi connectivity index (χ1v) is 10.4. The molecule has 13 heteroatoms. The van der Waals surface area contributed by atoms with Gasteiger partial charge in [-0.15, -0.1) is 0 Å². The Bertz CT molecular complexity index is 1070. The lowest BCUT2D eigenvalue weighted by Crippen LogP contribution is -2.35. The van der Waals surface area contributed by atoms with Crippen molar-refractivity contribution in [1.82, 2.24) is 10.3 Å². The monoisotopic (exact) mass is 500 g/mol. The van der Waals surface area contributed by atoms with Crippen molar-refractivity contribution in [2.45, 2.75) is 19.0 Å². The van der Waals surface area contributed by atoms with E-state index in [0.717, 1.165) is 19.2 Å². The number of aromatic nitrogens is 1. The molecule has 2 aromatic rings. The molecule has 1 fully saturated rings. The van der Waals surface area contributed by atoms with Crippen LogP contribution in [0.25, 0.3) is 0 Å². The fraction of sp³-hybridized carbons (Fsp3) is 0.333. The van der Waals surface area contributed by atoms with Gasteiger partial charge >= 0.3 is 12.1 Å². The first-order chi connectivity index (χ1) is 16.1. The Hall–Kier alpha value is -3.38. The number of benzene rings is 1. The van der Waals surface area contributed by atoms with Crippen LogP contribution >= 0.6 is 11.6 Å². The molecule has 3 N–H and O–H groups in total. The molecule has 2 heterocycles. The average molecular weight is 501 g/mol. The standard InChI is InChI=1S/C21H20ClF3N4O5/c1-33-17-14(34-20(32)21(23,24)25)4-3-13(19(31)28-15-5-2-12(22)10-27-15)16(17)29-18(30)11-6-8-26-9-7-11/h2-5,10-11,26H,6-9H2,1H3,(H,29,30)(H,27,28,31). The summed E-state index contributed by atoms with van der Waals surface area (Å²) in [6.07, 6.45) is -2.92. The Morgan fingerprint density at radius 2 is 1.82 bits per heavy atom. The maximum absolute atomic E-state index is 12.9. The average Bonchev–Trinajstić information content (AvgIpc) is 2.80. The van der Waals surface area contributed by atoms with Gasteiger partial charge in [-0.3, -0.25) is 9.59 Å². The first-order valence-electron chi connectivity index (χ1n) is 10.0. The number of piperidine rings is 1.